The van der Waals surface area contributed by atoms with Crippen molar-refractivity contribution in [3.8, 4) is 0 Å². The molecule has 16 heavy (non-hydrogen) atoms. The van der Waals surface area contributed by atoms with Crippen LogP contribution in [-0.2, 0) is 0 Å². The molecule has 1 aromatic carbocycles. The number of nitrogens with zero attached hydrogens (tertiary/aromatic N) is 1. The lowest BCUT2D eigenvalue weighted by Crippen LogP contribution is -2.29. The van der Waals surface area contributed by atoms with Gasteiger partial charge in [0, 0.05) is 11.7 Å². The van der Waals surface area contributed by atoms with Gasteiger partial charge in [0.2, 0.25) is 0 Å². The van der Waals surface area contributed by atoms with E-state index in [1.54, 1.807) is 0 Å². The zero-order valence-corrected chi connectivity index (χ0v) is 10.3. The molecule has 0 bridgehead atoms. The van der Waals surface area contributed by atoms with Crippen molar-refractivity contribution in [3.63, 3.8) is 0 Å². The van der Waals surface area contributed by atoms with Gasteiger partial charge in [0.05, 0.1) is 0 Å². The van der Waals surface area contributed by atoms with E-state index >= 15 is 0 Å². The monoisotopic (exact) mass is 218 g/mol. The van der Waals surface area contributed by atoms with Crippen LogP contribution in [0.5, 0.6) is 0 Å². The topological polar surface area (TPSA) is 29.3 Å². The Labute approximate surface area is 98.4 Å². The Morgan fingerprint density at radius 3 is 2.50 bits per heavy atom. The first-order chi connectivity index (χ1) is 7.76. The molecule has 88 valence electrons. The summed E-state index contributed by atoms with van der Waals surface area (Å²) in [6.07, 6.45) is 2.74. The summed E-state index contributed by atoms with van der Waals surface area (Å²) in [6, 6.07) is 8.98. The van der Waals surface area contributed by atoms with Crippen molar-refractivity contribution in [2.45, 2.75) is 32.7 Å². The van der Waals surface area contributed by atoms with Gasteiger partial charge in [0.1, 0.15) is 0 Å². The lowest BCUT2D eigenvalue weighted by molar-refractivity contribution is 0.197. The van der Waals surface area contributed by atoms with Crippen LogP contribution < -0.4 is 5.73 Å². The molecule has 0 saturated heterocycles. The van der Waals surface area contributed by atoms with Gasteiger partial charge in [-0.1, -0.05) is 26.0 Å². The largest absolute Gasteiger partial charge is 0.399 e. The van der Waals surface area contributed by atoms with Crippen LogP contribution in [0.25, 0.3) is 0 Å². The molecule has 0 amide bonds. The maximum Gasteiger partial charge on any atom is 0.0376 e. The van der Waals surface area contributed by atoms with Crippen LogP contribution in [0.3, 0.4) is 0 Å². The number of nitrogen functional groups attached to an aromatic ring is 1. The zero-order valence-electron chi connectivity index (χ0n) is 10.3. The summed E-state index contributed by atoms with van der Waals surface area (Å²) in [5, 5.41) is 0. The molecule has 0 aromatic heterocycles. The van der Waals surface area contributed by atoms with Crippen LogP contribution >= 0.6 is 0 Å². The Balaban J connectivity index is 2.24. The van der Waals surface area contributed by atoms with Gasteiger partial charge < -0.3 is 5.73 Å². The quantitative estimate of drug-likeness (QED) is 0.770. The third kappa shape index (κ3) is 2.38. The van der Waals surface area contributed by atoms with Gasteiger partial charge in [0.25, 0.3) is 0 Å². The molecule has 0 heterocycles. The van der Waals surface area contributed by atoms with Crippen molar-refractivity contribution in [3.05, 3.63) is 29.8 Å². The van der Waals surface area contributed by atoms with E-state index in [0.717, 1.165) is 24.7 Å². The van der Waals surface area contributed by atoms with E-state index in [-0.39, 0.29) is 0 Å². The van der Waals surface area contributed by atoms with Crippen molar-refractivity contribution in [1.82, 2.24) is 4.90 Å². The molecule has 2 N–H and O–H groups in total. The van der Waals surface area contributed by atoms with Crippen LogP contribution in [-0.4, -0.2) is 18.0 Å². The molecule has 1 saturated carbocycles. The highest BCUT2D eigenvalue weighted by Gasteiger charge is 2.35. The van der Waals surface area contributed by atoms with E-state index in [2.05, 4.69) is 36.9 Å². The summed E-state index contributed by atoms with van der Waals surface area (Å²) in [5.41, 5.74) is 8.16. The van der Waals surface area contributed by atoms with E-state index in [4.69, 9.17) is 5.73 Å². The first kappa shape index (κ1) is 11.5. The molecular weight excluding hydrogens is 196 g/mol. The van der Waals surface area contributed by atoms with Gasteiger partial charge in [-0.15, -0.1) is 0 Å². The summed E-state index contributed by atoms with van der Waals surface area (Å²) in [6.45, 7) is 6.72. The van der Waals surface area contributed by atoms with Gasteiger partial charge >= 0.3 is 0 Å². The molecule has 2 nitrogen and oxygen atoms in total. The summed E-state index contributed by atoms with van der Waals surface area (Å²) in [7, 11) is 0. The molecule has 2 heteroatoms. The smallest absolute Gasteiger partial charge is 0.0376 e. The van der Waals surface area contributed by atoms with Crippen LogP contribution in [0.2, 0.25) is 0 Å². The van der Waals surface area contributed by atoms with Crippen LogP contribution in [0.1, 0.15) is 38.3 Å². The Morgan fingerprint density at radius 2 is 2.00 bits per heavy atom. The van der Waals surface area contributed by atoms with Crippen molar-refractivity contribution < 1.29 is 0 Å². The predicted molar refractivity (Wildman–Crippen MR) is 69.2 cm³/mol. The fourth-order valence-corrected chi connectivity index (χ4v) is 2.55. The van der Waals surface area contributed by atoms with Crippen molar-refractivity contribution >= 4 is 5.69 Å². The van der Waals surface area contributed by atoms with E-state index in [0.29, 0.717) is 6.04 Å². The lowest BCUT2D eigenvalue weighted by Gasteiger charge is -2.30. The number of nitrogens with two attached hydrogens (primary N) is 1. The first-order valence-electron chi connectivity index (χ1n) is 6.35. The summed E-state index contributed by atoms with van der Waals surface area (Å²) in [4.78, 5) is 2.55. The second-order valence-electron chi connectivity index (χ2n) is 4.67. The molecule has 2 rings (SSSR count). The number of anilines is 1. The minimum absolute atomic E-state index is 0.582. The van der Waals surface area contributed by atoms with Gasteiger partial charge in [-0.05, 0) is 49.5 Å². The fraction of sp³-hybridized carbons (Fsp3) is 0.571. The predicted octanol–water partition coefficient (Wildman–Crippen LogP) is 3.06. The van der Waals surface area contributed by atoms with E-state index in [1.165, 1.54) is 18.4 Å². The molecule has 1 fully saturated rings. The summed E-state index contributed by atoms with van der Waals surface area (Å²) >= 11 is 0. The zero-order chi connectivity index (χ0) is 11.5. The fourth-order valence-electron chi connectivity index (χ4n) is 2.55. The summed E-state index contributed by atoms with van der Waals surface area (Å²) < 4.78 is 0. The van der Waals surface area contributed by atoms with Crippen molar-refractivity contribution in [2.75, 3.05) is 18.8 Å². The Bertz CT molecular complexity index is 340. The maximum absolute atomic E-state index is 5.88. The van der Waals surface area contributed by atoms with E-state index < -0.39 is 0 Å². The Hall–Kier alpha value is -1.02. The minimum Gasteiger partial charge on any atom is -0.399 e. The third-order valence-electron chi connectivity index (χ3n) is 3.53. The van der Waals surface area contributed by atoms with Gasteiger partial charge in [-0.25, -0.2) is 0 Å². The van der Waals surface area contributed by atoms with E-state index in [1.807, 2.05) is 6.07 Å². The molecular formula is C14H22N2. The highest BCUT2D eigenvalue weighted by Crippen LogP contribution is 2.44. The van der Waals surface area contributed by atoms with Gasteiger partial charge in [-0.3, -0.25) is 4.90 Å². The molecule has 1 unspecified atom stereocenters. The first-order valence-corrected chi connectivity index (χ1v) is 6.35. The second kappa shape index (κ2) is 4.88. The highest BCUT2D eigenvalue weighted by molar-refractivity contribution is 5.42. The number of benzene rings is 1. The van der Waals surface area contributed by atoms with Gasteiger partial charge in [-0.2, -0.15) is 0 Å². The summed E-state index contributed by atoms with van der Waals surface area (Å²) in [5.74, 6) is 0.849. The second-order valence-corrected chi connectivity index (χ2v) is 4.67. The minimum atomic E-state index is 0.582. The van der Waals surface area contributed by atoms with Crippen LogP contribution in [0.4, 0.5) is 5.69 Å². The number of hydrogen-bond donors (Lipinski definition) is 1. The molecule has 1 aliphatic carbocycles. The van der Waals surface area contributed by atoms with Crippen molar-refractivity contribution in [1.29, 1.82) is 0 Å². The molecule has 0 aliphatic heterocycles. The van der Waals surface area contributed by atoms with Crippen molar-refractivity contribution in [2.24, 2.45) is 5.92 Å². The standard InChI is InChI=1S/C14H22N2/c1-3-16(4-2)14(11-8-9-11)12-6-5-7-13(15)10-12/h5-7,10-11,14H,3-4,8-9,15H2,1-2H3. The normalized spacial score (nSPS) is 17.7. The molecule has 0 radical (unpaired) electrons. The molecule has 1 aromatic rings. The SMILES string of the molecule is CCN(CC)C(c1cccc(N)c1)C1CC1. The average molecular weight is 218 g/mol. The number of rotatable bonds is 5. The molecule has 1 atom stereocenters. The molecule has 0 spiro atoms. The van der Waals surface area contributed by atoms with E-state index in [9.17, 15) is 0 Å². The Kier molecular flexibility index (Phi) is 3.49. The third-order valence-corrected chi connectivity index (χ3v) is 3.53. The Morgan fingerprint density at radius 1 is 1.31 bits per heavy atom. The number of hydrogen-bond acceptors (Lipinski definition) is 2. The lowest BCUT2D eigenvalue weighted by atomic mass is 10.00. The van der Waals surface area contributed by atoms with Crippen LogP contribution in [0, 0.1) is 5.92 Å². The highest BCUT2D eigenvalue weighted by atomic mass is 15.2. The average Bonchev–Trinajstić information content (AvgIpc) is 3.09. The maximum atomic E-state index is 5.88. The molecule has 1 aliphatic rings. The van der Waals surface area contributed by atoms with Crippen LogP contribution in [0.15, 0.2) is 24.3 Å². The van der Waals surface area contributed by atoms with Gasteiger partial charge in [0.15, 0.2) is 0 Å².